The highest BCUT2D eigenvalue weighted by molar-refractivity contribution is 6.32. The summed E-state index contributed by atoms with van der Waals surface area (Å²) < 4.78 is 5.07. The Bertz CT molecular complexity index is 377. The molecular weight excluding hydrogens is 212 g/mol. The fourth-order valence-corrected chi connectivity index (χ4v) is 1.26. The summed E-state index contributed by atoms with van der Waals surface area (Å²) in [5, 5.41) is 9.16. The molecule has 0 aliphatic rings. The van der Waals surface area contributed by atoms with Crippen LogP contribution in [-0.2, 0) is 0 Å². The van der Waals surface area contributed by atoms with E-state index in [0.717, 1.165) is 5.56 Å². The number of hydrogen-bond acceptors (Lipinski definition) is 2. The molecule has 0 saturated carbocycles. The first kappa shape index (κ1) is 11.9. The molecule has 0 heterocycles. The second-order valence-electron chi connectivity index (χ2n) is 2.98. The Morgan fingerprint density at radius 3 is 2.93 bits per heavy atom. The summed E-state index contributed by atoms with van der Waals surface area (Å²) in [7, 11) is 1.57. The van der Waals surface area contributed by atoms with Gasteiger partial charge in [0.15, 0.2) is 0 Å². The summed E-state index contributed by atoms with van der Waals surface area (Å²) >= 11 is 5.87. The summed E-state index contributed by atoms with van der Waals surface area (Å²) in [4.78, 5) is 0. The Hall–Kier alpha value is -1.17. The maximum absolute atomic E-state index is 8.58. The highest BCUT2D eigenvalue weighted by Crippen LogP contribution is 2.24. The molecule has 0 bridgehead atoms. The standard InChI is InChI=1S/C12H13ClO2/c1-15-12-9-10(6-7-11(12)13)5-3-2-4-8-14/h6-7,9,14H,2,4,8H2,1H3. The van der Waals surface area contributed by atoms with Gasteiger partial charge >= 0.3 is 0 Å². The number of unbranched alkanes of at least 4 members (excludes halogenated alkanes) is 1. The number of aliphatic hydroxyl groups is 1. The lowest BCUT2D eigenvalue weighted by molar-refractivity contribution is 0.290. The summed E-state index contributed by atoms with van der Waals surface area (Å²) in [6, 6.07) is 5.40. The van der Waals surface area contributed by atoms with Gasteiger partial charge in [0.2, 0.25) is 0 Å². The molecule has 0 amide bonds. The van der Waals surface area contributed by atoms with Crippen LogP contribution in [0.5, 0.6) is 5.75 Å². The summed E-state index contributed by atoms with van der Waals surface area (Å²) in [6.45, 7) is 0.179. The summed E-state index contributed by atoms with van der Waals surface area (Å²) in [6.07, 6.45) is 1.40. The molecule has 1 aromatic rings. The Morgan fingerprint density at radius 1 is 1.47 bits per heavy atom. The number of halogens is 1. The quantitative estimate of drug-likeness (QED) is 0.632. The monoisotopic (exact) mass is 224 g/mol. The van der Waals surface area contributed by atoms with Crippen molar-refractivity contribution in [3.8, 4) is 17.6 Å². The molecule has 0 fully saturated rings. The van der Waals surface area contributed by atoms with E-state index in [1.54, 1.807) is 19.2 Å². The van der Waals surface area contributed by atoms with E-state index in [1.807, 2.05) is 6.07 Å². The van der Waals surface area contributed by atoms with Crippen molar-refractivity contribution in [1.29, 1.82) is 0 Å². The van der Waals surface area contributed by atoms with Gasteiger partial charge in [-0.25, -0.2) is 0 Å². The van der Waals surface area contributed by atoms with Crippen LogP contribution in [0.15, 0.2) is 18.2 Å². The van der Waals surface area contributed by atoms with Crippen LogP contribution in [-0.4, -0.2) is 18.8 Å². The van der Waals surface area contributed by atoms with Crippen LogP contribution in [0.3, 0.4) is 0 Å². The van der Waals surface area contributed by atoms with E-state index in [0.29, 0.717) is 23.6 Å². The zero-order chi connectivity index (χ0) is 11.1. The van der Waals surface area contributed by atoms with Crippen LogP contribution in [0, 0.1) is 11.8 Å². The molecule has 2 nitrogen and oxygen atoms in total. The minimum absolute atomic E-state index is 0.179. The van der Waals surface area contributed by atoms with Gasteiger partial charge in [0.1, 0.15) is 5.75 Å². The first-order valence-corrected chi connectivity index (χ1v) is 5.09. The molecule has 0 saturated heterocycles. The van der Waals surface area contributed by atoms with Crippen molar-refractivity contribution in [2.45, 2.75) is 12.8 Å². The molecule has 0 aromatic heterocycles. The van der Waals surface area contributed by atoms with E-state index in [4.69, 9.17) is 21.4 Å². The second kappa shape index (κ2) is 6.34. The van der Waals surface area contributed by atoms with Crippen LogP contribution < -0.4 is 4.74 Å². The van der Waals surface area contributed by atoms with Crippen LogP contribution >= 0.6 is 11.6 Å². The van der Waals surface area contributed by atoms with Crippen LogP contribution in [0.1, 0.15) is 18.4 Å². The van der Waals surface area contributed by atoms with Gasteiger partial charge in [-0.2, -0.15) is 0 Å². The van der Waals surface area contributed by atoms with Gasteiger partial charge in [-0.05, 0) is 24.6 Å². The van der Waals surface area contributed by atoms with Crippen molar-refractivity contribution in [3.05, 3.63) is 28.8 Å². The minimum atomic E-state index is 0.179. The van der Waals surface area contributed by atoms with Gasteiger partial charge in [0.25, 0.3) is 0 Å². The molecule has 0 aliphatic heterocycles. The van der Waals surface area contributed by atoms with Crippen LogP contribution in [0.2, 0.25) is 5.02 Å². The first-order chi connectivity index (χ1) is 7.27. The molecule has 1 rings (SSSR count). The molecule has 1 aromatic carbocycles. The Balaban J connectivity index is 2.72. The fraction of sp³-hybridized carbons (Fsp3) is 0.333. The maximum Gasteiger partial charge on any atom is 0.138 e. The maximum atomic E-state index is 8.58. The predicted octanol–water partition coefficient (Wildman–Crippen LogP) is 2.47. The number of hydrogen-bond donors (Lipinski definition) is 1. The molecule has 80 valence electrons. The molecule has 0 aliphatic carbocycles. The fourth-order valence-electron chi connectivity index (χ4n) is 1.07. The van der Waals surface area contributed by atoms with Gasteiger partial charge in [-0.3, -0.25) is 0 Å². The largest absolute Gasteiger partial charge is 0.495 e. The summed E-state index contributed by atoms with van der Waals surface area (Å²) in [5.41, 5.74) is 0.870. The average Bonchev–Trinajstić information content (AvgIpc) is 2.26. The Morgan fingerprint density at radius 2 is 2.27 bits per heavy atom. The zero-order valence-electron chi connectivity index (χ0n) is 8.59. The molecule has 0 radical (unpaired) electrons. The van der Waals surface area contributed by atoms with Crippen molar-refractivity contribution in [2.24, 2.45) is 0 Å². The molecule has 0 atom stereocenters. The highest BCUT2D eigenvalue weighted by Gasteiger charge is 1.99. The van der Waals surface area contributed by atoms with Crippen molar-refractivity contribution in [3.63, 3.8) is 0 Å². The normalized spacial score (nSPS) is 9.27. The van der Waals surface area contributed by atoms with E-state index in [-0.39, 0.29) is 6.61 Å². The smallest absolute Gasteiger partial charge is 0.138 e. The topological polar surface area (TPSA) is 29.5 Å². The summed E-state index contributed by atoms with van der Waals surface area (Å²) in [5.74, 6) is 6.58. The molecule has 1 N–H and O–H groups in total. The minimum Gasteiger partial charge on any atom is -0.495 e. The van der Waals surface area contributed by atoms with Gasteiger partial charge in [-0.1, -0.05) is 23.4 Å². The highest BCUT2D eigenvalue weighted by atomic mass is 35.5. The number of rotatable bonds is 3. The Labute approximate surface area is 94.8 Å². The lowest BCUT2D eigenvalue weighted by Gasteiger charge is -2.01. The van der Waals surface area contributed by atoms with E-state index in [9.17, 15) is 0 Å². The number of methoxy groups -OCH3 is 1. The van der Waals surface area contributed by atoms with E-state index >= 15 is 0 Å². The van der Waals surface area contributed by atoms with E-state index in [2.05, 4.69) is 11.8 Å². The third-order valence-corrected chi connectivity index (χ3v) is 2.16. The molecular formula is C12H13ClO2. The predicted molar refractivity (Wildman–Crippen MR) is 61.2 cm³/mol. The lowest BCUT2D eigenvalue weighted by atomic mass is 10.2. The molecule has 0 spiro atoms. The van der Waals surface area contributed by atoms with Gasteiger partial charge in [0.05, 0.1) is 12.1 Å². The third-order valence-electron chi connectivity index (χ3n) is 1.84. The van der Waals surface area contributed by atoms with Crippen LogP contribution in [0.25, 0.3) is 0 Å². The van der Waals surface area contributed by atoms with E-state index in [1.165, 1.54) is 0 Å². The molecule has 0 unspecified atom stereocenters. The average molecular weight is 225 g/mol. The number of aliphatic hydroxyl groups excluding tert-OH is 1. The van der Waals surface area contributed by atoms with Gasteiger partial charge in [-0.15, -0.1) is 0 Å². The Kier molecular flexibility index (Phi) is 5.03. The van der Waals surface area contributed by atoms with Crippen molar-refractivity contribution in [1.82, 2.24) is 0 Å². The number of ether oxygens (including phenoxy) is 1. The number of benzene rings is 1. The lowest BCUT2D eigenvalue weighted by Crippen LogP contribution is -1.85. The van der Waals surface area contributed by atoms with Crippen molar-refractivity contribution < 1.29 is 9.84 Å². The molecule has 15 heavy (non-hydrogen) atoms. The second-order valence-corrected chi connectivity index (χ2v) is 3.39. The van der Waals surface area contributed by atoms with Gasteiger partial charge < -0.3 is 9.84 Å². The van der Waals surface area contributed by atoms with Crippen molar-refractivity contribution in [2.75, 3.05) is 13.7 Å². The van der Waals surface area contributed by atoms with Gasteiger partial charge in [0, 0.05) is 18.6 Å². The molecule has 3 heteroatoms. The third kappa shape index (κ3) is 3.83. The first-order valence-electron chi connectivity index (χ1n) is 4.71. The van der Waals surface area contributed by atoms with Crippen LogP contribution in [0.4, 0.5) is 0 Å². The zero-order valence-corrected chi connectivity index (χ0v) is 9.34. The van der Waals surface area contributed by atoms with Crippen molar-refractivity contribution >= 4 is 11.6 Å². The van der Waals surface area contributed by atoms with E-state index < -0.39 is 0 Å². The SMILES string of the molecule is COc1cc(C#CCCCO)ccc1Cl.